The maximum Gasteiger partial charge on any atom is 0.403 e. The SMILES string of the molecule is CC(N1CCN(C(=O)C2CCNCC2)CC1)C(F)(F)F. The van der Waals surface area contributed by atoms with E-state index in [1.807, 2.05) is 0 Å². The van der Waals surface area contributed by atoms with E-state index in [0.29, 0.717) is 26.2 Å². The second-order valence-electron chi connectivity index (χ2n) is 5.60. The topological polar surface area (TPSA) is 35.6 Å². The van der Waals surface area contributed by atoms with Crippen LogP contribution in [0.4, 0.5) is 13.2 Å². The molecule has 4 nitrogen and oxygen atoms in total. The lowest BCUT2D eigenvalue weighted by atomic mass is 9.96. The average molecular weight is 293 g/mol. The number of piperazine rings is 1. The molecule has 0 aliphatic carbocycles. The molecule has 0 aromatic carbocycles. The molecule has 7 heteroatoms. The summed E-state index contributed by atoms with van der Waals surface area (Å²) in [5, 5.41) is 3.21. The Morgan fingerprint density at radius 1 is 1.15 bits per heavy atom. The van der Waals surface area contributed by atoms with E-state index in [9.17, 15) is 18.0 Å². The van der Waals surface area contributed by atoms with Crippen LogP contribution in [-0.2, 0) is 4.79 Å². The normalized spacial score (nSPS) is 24.7. The van der Waals surface area contributed by atoms with Gasteiger partial charge in [-0.3, -0.25) is 9.69 Å². The lowest BCUT2D eigenvalue weighted by Gasteiger charge is -2.40. The Labute approximate surface area is 117 Å². The minimum absolute atomic E-state index is 0.0443. The van der Waals surface area contributed by atoms with Gasteiger partial charge in [0, 0.05) is 32.1 Å². The lowest BCUT2D eigenvalue weighted by molar-refractivity contribution is -0.183. The number of halogens is 3. The van der Waals surface area contributed by atoms with Crippen LogP contribution >= 0.6 is 0 Å². The zero-order chi connectivity index (χ0) is 14.8. The third kappa shape index (κ3) is 3.63. The first-order chi connectivity index (χ1) is 9.39. The van der Waals surface area contributed by atoms with Crippen LogP contribution in [0.1, 0.15) is 19.8 Å². The molecular weight excluding hydrogens is 271 g/mol. The highest BCUT2D eigenvalue weighted by molar-refractivity contribution is 5.79. The molecule has 0 saturated carbocycles. The molecule has 2 heterocycles. The van der Waals surface area contributed by atoms with Crippen molar-refractivity contribution < 1.29 is 18.0 Å². The second kappa shape index (κ2) is 6.30. The molecule has 2 aliphatic rings. The number of nitrogens with one attached hydrogen (secondary N) is 1. The first kappa shape index (κ1) is 15.6. The van der Waals surface area contributed by atoms with E-state index >= 15 is 0 Å². The fourth-order valence-corrected chi connectivity index (χ4v) is 2.86. The number of rotatable bonds is 2. The van der Waals surface area contributed by atoms with Crippen LogP contribution in [-0.4, -0.2) is 67.2 Å². The van der Waals surface area contributed by atoms with Gasteiger partial charge < -0.3 is 10.2 Å². The van der Waals surface area contributed by atoms with Gasteiger partial charge in [-0.15, -0.1) is 0 Å². The molecule has 1 amide bonds. The van der Waals surface area contributed by atoms with Gasteiger partial charge >= 0.3 is 6.18 Å². The maximum absolute atomic E-state index is 12.7. The van der Waals surface area contributed by atoms with Crippen LogP contribution in [0.3, 0.4) is 0 Å². The van der Waals surface area contributed by atoms with Crippen molar-refractivity contribution in [3.8, 4) is 0 Å². The molecule has 1 atom stereocenters. The van der Waals surface area contributed by atoms with E-state index in [1.54, 1.807) is 4.90 Å². The molecule has 116 valence electrons. The highest BCUT2D eigenvalue weighted by atomic mass is 19.4. The van der Waals surface area contributed by atoms with Crippen LogP contribution in [0.2, 0.25) is 0 Å². The molecule has 2 rings (SSSR count). The van der Waals surface area contributed by atoms with Gasteiger partial charge in [0.05, 0.1) is 0 Å². The highest BCUT2D eigenvalue weighted by Crippen LogP contribution is 2.25. The minimum atomic E-state index is -4.19. The number of nitrogens with zero attached hydrogens (tertiary/aromatic N) is 2. The molecule has 1 unspecified atom stereocenters. The fraction of sp³-hybridized carbons (Fsp3) is 0.923. The number of piperidine rings is 1. The van der Waals surface area contributed by atoms with Crippen molar-refractivity contribution in [2.45, 2.75) is 32.0 Å². The van der Waals surface area contributed by atoms with Crippen molar-refractivity contribution in [1.29, 1.82) is 0 Å². The number of carbonyl (C=O) groups excluding carboxylic acids is 1. The van der Waals surface area contributed by atoms with Crippen LogP contribution in [0.15, 0.2) is 0 Å². The van der Waals surface area contributed by atoms with Gasteiger partial charge in [0.15, 0.2) is 0 Å². The first-order valence-corrected chi connectivity index (χ1v) is 7.20. The van der Waals surface area contributed by atoms with Crippen molar-refractivity contribution >= 4 is 5.91 Å². The average Bonchev–Trinajstić information content (AvgIpc) is 2.46. The molecule has 0 spiro atoms. The minimum Gasteiger partial charge on any atom is -0.340 e. The monoisotopic (exact) mass is 293 g/mol. The molecule has 0 aromatic rings. The molecule has 0 aromatic heterocycles. The summed E-state index contributed by atoms with van der Waals surface area (Å²) in [6, 6.07) is -1.43. The quantitative estimate of drug-likeness (QED) is 0.827. The Bertz CT molecular complexity index is 334. The summed E-state index contributed by atoms with van der Waals surface area (Å²) in [6.07, 6.45) is -2.53. The number of hydrogen-bond acceptors (Lipinski definition) is 3. The second-order valence-corrected chi connectivity index (χ2v) is 5.60. The van der Waals surface area contributed by atoms with E-state index in [0.717, 1.165) is 25.9 Å². The Kier molecular flexibility index (Phi) is 4.90. The first-order valence-electron chi connectivity index (χ1n) is 7.20. The molecule has 2 aliphatic heterocycles. The van der Waals surface area contributed by atoms with E-state index in [4.69, 9.17) is 0 Å². The summed E-state index contributed by atoms with van der Waals surface area (Å²) in [7, 11) is 0. The zero-order valence-corrected chi connectivity index (χ0v) is 11.7. The standard InChI is InChI=1S/C13H22F3N3O/c1-10(13(14,15)16)18-6-8-19(9-7-18)12(20)11-2-4-17-5-3-11/h10-11,17H,2-9H2,1H3. The molecule has 2 saturated heterocycles. The van der Waals surface area contributed by atoms with Crippen LogP contribution in [0.5, 0.6) is 0 Å². The van der Waals surface area contributed by atoms with E-state index in [1.165, 1.54) is 11.8 Å². The fourth-order valence-electron chi connectivity index (χ4n) is 2.86. The molecule has 0 bridgehead atoms. The van der Waals surface area contributed by atoms with E-state index in [2.05, 4.69) is 5.32 Å². The molecule has 2 fully saturated rings. The number of amides is 1. The number of hydrogen-bond donors (Lipinski definition) is 1. The summed E-state index contributed by atoms with van der Waals surface area (Å²) >= 11 is 0. The molecule has 0 radical (unpaired) electrons. The van der Waals surface area contributed by atoms with Gasteiger partial charge in [-0.25, -0.2) is 0 Å². The van der Waals surface area contributed by atoms with E-state index in [-0.39, 0.29) is 11.8 Å². The van der Waals surface area contributed by atoms with Crippen molar-refractivity contribution in [2.24, 2.45) is 5.92 Å². The van der Waals surface area contributed by atoms with Gasteiger partial charge in [-0.05, 0) is 32.9 Å². The van der Waals surface area contributed by atoms with Crippen LogP contribution < -0.4 is 5.32 Å². The maximum atomic E-state index is 12.7. The van der Waals surface area contributed by atoms with Crippen LogP contribution in [0, 0.1) is 5.92 Å². The summed E-state index contributed by atoms with van der Waals surface area (Å²) in [5.41, 5.74) is 0. The Morgan fingerprint density at radius 2 is 1.70 bits per heavy atom. The summed E-state index contributed by atoms with van der Waals surface area (Å²) in [6.45, 7) is 4.30. The van der Waals surface area contributed by atoms with Gasteiger partial charge in [0.1, 0.15) is 6.04 Å². The van der Waals surface area contributed by atoms with Crippen molar-refractivity contribution in [3.63, 3.8) is 0 Å². The smallest absolute Gasteiger partial charge is 0.340 e. The van der Waals surface area contributed by atoms with Crippen molar-refractivity contribution in [1.82, 2.24) is 15.1 Å². The van der Waals surface area contributed by atoms with Crippen molar-refractivity contribution in [2.75, 3.05) is 39.3 Å². The Morgan fingerprint density at radius 3 is 2.20 bits per heavy atom. The van der Waals surface area contributed by atoms with Gasteiger partial charge in [0.25, 0.3) is 0 Å². The largest absolute Gasteiger partial charge is 0.403 e. The summed E-state index contributed by atoms with van der Waals surface area (Å²) < 4.78 is 38.0. The molecular formula is C13H22F3N3O. The number of carbonyl (C=O) groups is 1. The summed E-state index contributed by atoms with van der Waals surface area (Å²) in [4.78, 5) is 15.4. The predicted octanol–water partition coefficient (Wildman–Crippen LogP) is 1.08. The van der Waals surface area contributed by atoms with Gasteiger partial charge in [0.2, 0.25) is 5.91 Å². The summed E-state index contributed by atoms with van der Waals surface area (Å²) in [5.74, 6) is 0.161. The molecule has 1 N–H and O–H groups in total. The predicted molar refractivity (Wildman–Crippen MR) is 69.3 cm³/mol. The van der Waals surface area contributed by atoms with Crippen molar-refractivity contribution in [3.05, 3.63) is 0 Å². The van der Waals surface area contributed by atoms with Crippen LogP contribution in [0.25, 0.3) is 0 Å². The van der Waals surface area contributed by atoms with Gasteiger partial charge in [-0.1, -0.05) is 0 Å². The zero-order valence-electron chi connectivity index (χ0n) is 11.7. The molecule has 20 heavy (non-hydrogen) atoms. The van der Waals surface area contributed by atoms with Gasteiger partial charge in [-0.2, -0.15) is 13.2 Å². The third-order valence-corrected chi connectivity index (χ3v) is 4.34. The highest BCUT2D eigenvalue weighted by Gasteiger charge is 2.41. The van der Waals surface area contributed by atoms with E-state index < -0.39 is 12.2 Å². The third-order valence-electron chi connectivity index (χ3n) is 4.34. The Balaban J connectivity index is 1.83. The lowest BCUT2D eigenvalue weighted by Crippen LogP contribution is -2.56. The number of alkyl halides is 3. The Hall–Kier alpha value is -0.820.